The number of aryl methyl sites for hydroxylation is 2. The molecule has 1 N–H and O–H groups in total. The largest absolute Gasteiger partial charge is 0.497 e. The van der Waals surface area contributed by atoms with Crippen LogP contribution in [-0.2, 0) is 41.8 Å². The molecule has 35 heavy (non-hydrogen) atoms. The molecule has 8 nitrogen and oxygen atoms in total. The molecular formula is C26H27N3O5S. The number of aromatic nitrogens is 1. The third kappa shape index (κ3) is 6.08. The number of carbonyl (C=O) groups is 2. The molecule has 0 aliphatic heterocycles. The highest BCUT2D eigenvalue weighted by Gasteiger charge is 2.28. The number of carbonyl (C=O) groups excluding carboxylic acids is 2. The van der Waals surface area contributed by atoms with Crippen molar-refractivity contribution < 1.29 is 23.6 Å². The molecule has 9 heteroatoms. The average Bonchev–Trinajstić information content (AvgIpc) is 3.43. The molecule has 1 aliphatic rings. The number of fused-ring (bicyclic) bond motifs is 1. The van der Waals surface area contributed by atoms with Gasteiger partial charge in [-0.05, 0) is 49.4 Å². The zero-order valence-electron chi connectivity index (χ0n) is 19.8. The Bertz CT molecular complexity index is 1260. The lowest BCUT2D eigenvalue weighted by Crippen LogP contribution is -2.31. The smallest absolute Gasteiger partial charge is 0.407 e. The minimum absolute atomic E-state index is 0.0964. The first-order valence-electron chi connectivity index (χ1n) is 11.5. The van der Waals surface area contributed by atoms with Gasteiger partial charge < -0.3 is 19.3 Å². The second-order valence-corrected chi connectivity index (χ2v) is 9.70. The minimum atomic E-state index is -0.496. The number of nitriles is 1. The number of nitrogens with one attached hydrogen (secondary N) is 1. The Morgan fingerprint density at radius 1 is 1.37 bits per heavy atom. The Labute approximate surface area is 207 Å². The van der Waals surface area contributed by atoms with Gasteiger partial charge in [0.05, 0.1) is 25.4 Å². The highest BCUT2D eigenvalue weighted by atomic mass is 32.1. The molecule has 2 aromatic heterocycles. The maximum absolute atomic E-state index is 12.7. The molecular weight excluding hydrogens is 466 g/mol. The number of rotatable bonds is 9. The molecule has 2 heterocycles. The van der Waals surface area contributed by atoms with Crippen molar-refractivity contribution in [1.82, 2.24) is 10.5 Å². The van der Waals surface area contributed by atoms with Crippen LogP contribution < -0.4 is 10.1 Å². The van der Waals surface area contributed by atoms with E-state index in [-0.39, 0.29) is 24.9 Å². The number of hydrogen-bond acceptors (Lipinski definition) is 8. The summed E-state index contributed by atoms with van der Waals surface area (Å²) in [6.45, 7) is 2.06. The van der Waals surface area contributed by atoms with Crippen LogP contribution in [-0.4, -0.2) is 30.2 Å². The molecule has 1 atom stereocenters. The normalized spacial score (nSPS) is 14.6. The number of methoxy groups -OCH3 is 1. The van der Waals surface area contributed by atoms with Gasteiger partial charge in [0.15, 0.2) is 0 Å². The van der Waals surface area contributed by atoms with Crippen LogP contribution in [0.3, 0.4) is 0 Å². The Kier molecular flexibility index (Phi) is 7.83. The fourth-order valence-electron chi connectivity index (χ4n) is 4.20. The number of ketones is 1. The summed E-state index contributed by atoms with van der Waals surface area (Å²) >= 11 is 1.49. The summed E-state index contributed by atoms with van der Waals surface area (Å²) in [5.74, 6) is 1.52. The monoisotopic (exact) mass is 493 g/mol. The lowest BCUT2D eigenvalue weighted by atomic mass is 9.92. The maximum atomic E-state index is 12.7. The summed E-state index contributed by atoms with van der Waals surface area (Å²) < 4.78 is 15.8. The van der Waals surface area contributed by atoms with Gasteiger partial charge in [-0.1, -0.05) is 17.3 Å². The van der Waals surface area contributed by atoms with Crippen LogP contribution >= 0.6 is 11.3 Å². The van der Waals surface area contributed by atoms with Crippen LogP contribution in [0.25, 0.3) is 0 Å². The molecule has 4 rings (SSSR count). The van der Waals surface area contributed by atoms with Crippen molar-refractivity contribution in [2.75, 3.05) is 7.11 Å². The van der Waals surface area contributed by atoms with Crippen LogP contribution in [0.1, 0.15) is 50.6 Å². The van der Waals surface area contributed by atoms with E-state index in [1.165, 1.54) is 11.3 Å². The Hall–Kier alpha value is -3.64. The van der Waals surface area contributed by atoms with Crippen LogP contribution in [0.4, 0.5) is 4.79 Å². The van der Waals surface area contributed by atoms with Gasteiger partial charge in [0.2, 0.25) is 0 Å². The summed E-state index contributed by atoms with van der Waals surface area (Å²) in [5, 5.41) is 16.2. The predicted molar refractivity (Wildman–Crippen MR) is 129 cm³/mol. The fourth-order valence-corrected chi connectivity index (χ4v) is 5.59. The minimum Gasteiger partial charge on any atom is -0.497 e. The Morgan fingerprint density at radius 3 is 2.97 bits per heavy atom. The molecule has 0 saturated heterocycles. The van der Waals surface area contributed by atoms with Gasteiger partial charge in [-0.15, -0.1) is 11.3 Å². The van der Waals surface area contributed by atoms with E-state index < -0.39 is 6.09 Å². The van der Waals surface area contributed by atoms with Gasteiger partial charge in [0, 0.05) is 34.6 Å². The molecule has 182 valence electrons. The van der Waals surface area contributed by atoms with Crippen molar-refractivity contribution >= 4 is 23.2 Å². The number of ether oxygens (including phenoxy) is 2. The van der Waals surface area contributed by atoms with Crippen molar-refractivity contribution in [3.8, 4) is 11.8 Å². The molecule has 0 bridgehead atoms. The van der Waals surface area contributed by atoms with Gasteiger partial charge in [0.25, 0.3) is 0 Å². The summed E-state index contributed by atoms with van der Waals surface area (Å²) in [7, 11) is 1.62. The number of hydrogen-bond donors (Lipinski definition) is 1. The second-order valence-electron chi connectivity index (χ2n) is 8.51. The van der Waals surface area contributed by atoms with Crippen LogP contribution in [0.2, 0.25) is 0 Å². The molecule has 3 aromatic rings. The van der Waals surface area contributed by atoms with E-state index in [1.54, 1.807) is 20.2 Å². The molecule has 1 aromatic carbocycles. The SMILES string of the molecule is COc1cccc(CCC(=O)Cc2sc3c(c2C#N)CCC(OC(=O)NCc2cnoc2C)C3)c1. The highest BCUT2D eigenvalue weighted by molar-refractivity contribution is 7.12. The number of benzene rings is 1. The van der Waals surface area contributed by atoms with Gasteiger partial charge in [0.1, 0.15) is 29.5 Å². The summed E-state index contributed by atoms with van der Waals surface area (Å²) in [6, 6.07) is 9.99. The van der Waals surface area contributed by atoms with E-state index >= 15 is 0 Å². The zero-order chi connectivity index (χ0) is 24.8. The van der Waals surface area contributed by atoms with E-state index in [0.717, 1.165) is 32.2 Å². The Balaban J connectivity index is 1.32. The predicted octanol–water partition coefficient (Wildman–Crippen LogP) is 4.45. The molecule has 1 unspecified atom stereocenters. The van der Waals surface area contributed by atoms with Gasteiger partial charge >= 0.3 is 6.09 Å². The van der Waals surface area contributed by atoms with Crippen LogP contribution in [0.15, 0.2) is 35.0 Å². The highest BCUT2D eigenvalue weighted by Crippen LogP contribution is 2.35. The van der Waals surface area contributed by atoms with E-state index in [4.69, 9.17) is 14.0 Å². The first-order valence-corrected chi connectivity index (χ1v) is 12.3. The van der Waals surface area contributed by atoms with Crippen molar-refractivity contribution in [2.45, 2.75) is 58.1 Å². The molecule has 0 saturated carbocycles. The lowest BCUT2D eigenvalue weighted by Gasteiger charge is -2.22. The lowest BCUT2D eigenvalue weighted by molar-refractivity contribution is -0.118. The number of alkyl carbamates (subject to hydrolysis) is 1. The molecule has 1 aliphatic carbocycles. The number of amides is 1. The Morgan fingerprint density at radius 2 is 2.23 bits per heavy atom. The quantitative estimate of drug-likeness (QED) is 0.468. The summed E-state index contributed by atoms with van der Waals surface area (Å²) in [4.78, 5) is 26.8. The maximum Gasteiger partial charge on any atom is 0.407 e. The third-order valence-electron chi connectivity index (χ3n) is 6.14. The van der Waals surface area contributed by atoms with Gasteiger partial charge in [-0.2, -0.15) is 5.26 Å². The first-order chi connectivity index (χ1) is 17.0. The zero-order valence-corrected chi connectivity index (χ0v) is 20.6. The summed E-state index contributed by atoms with van der Waals surface area (Å²) in [6.07, 6.45) is 3.91. The van der Waals surface area contributed by atoms with Gasteiger partial charge in [-0.25, -0.2) is 4.79 Å². The van der Waals surface area contributed by atoms with E-state index in [2.05, 4.69) is 16.5 Å². The topological polar surface area (TPSA) is 114 Å². The molecule has 1 amide bonds. The van der Waals surface area contributed by atoms with Crippen molar-refractivity contribution in [2.24, 2.45) is 0 Å². The average molecular weight is 494 g/mol. The standard InChI is InChI=1S/C26H27N3O5S/c1-16-18(15-29-34-16)14-28-26(31)33-21-8-9-22-23(13-27)24(35-25(22)12-21)11-19(30)7-6-17-4-3-5-20(10-17)32-2/h3-5,10,15,21H,6-9,11-12,14H2,1-2H3,(H,28,31). The molecule has 0 fully saturated rings. The number of nitrogens with zero attached hydrogens (tertiary/aromatic N) is 2. The van der Waals surface area contributed by atoms with E-state index in [0.29, 0.717) is 43.4 Å². The first kappa shape index (κ1) is 24.5. The molecule has 0 radical (unpaired) electrons. The fraction of sp³-hybridized carbons (Fsp3) is 0.385. The van der Waals surface area contributed by atoms with Crippen LogP contribution in [0, 0.1) is 18.3 Å². The van der Waals surface area contributed by atoms with Gasteiger partial charge in [-0.3, -0.25) is 4.79 Å². The van der Waals surface area contributed by atoms with Crippen molar-refractivity contribution in [3.05, 3.63) is 68.2 Å². The van der Waals surface area contributed by atoms with Crippen molar-refractivity contribution in [1.29, 1.82) is 5.26 Å². The number of thiophene rings is 1. The molecule has 0 spiro atoms. The van der Waals surface area contributed by atoms with E-state index in [1.807, 2.05) is 24.3 Å². The summed E-state index contributed by atoms with van der Waals surface area (Å²) in [5.41, 5.74) is 3.45. The van der Waals surface area contributed by atoms with E-state index in [9.17, 15) is 14.9 Å². The number of Topliss-reactive ketones (excluding diaryl/α,β-unsaturated/α-hetero) is 1. The second kappa shape index (κ2) is 11.2. The third-order valence-corrected chi connectivity index (χ3v) is 7.39. The van der Waals surface area contributed by atoms with Crippen LogP contribution in [0.5, 0.6) is 5.75 Å². The van der Waals surface area contributed by atoms with Crippen molar-refractivity contribution in [3.63, 3.8) is 0 Å².